The van der Waals surface area contributed by atoms with E-state index in [1.165, 1.54) is 0 Å². The van der Waals surface area contributed by atoms with E-state index in [4.69, 9.17) is 4.42 Å². The molecule has 0 saturated carbocycles. The summed E-state index contributed by atoms with van der Waals surface area (Å²) in [6, 6.07) is 5.81. The summed E-state index contributed by atoms with van der Waals surface area (Å²) in [5, 5.41) is 0. The molecule has 3 nitrogen and oxygen atoms in total. The predicted octanol–water partition coefficient (Wildman–Crippen LogP) is 1.38. The van der Waals surface area contributed by atoms with Crippen LogP contribution in [0.3, 0.4) is 0 Å². The van der Waals surface area contributed by atoms with Crippen molar-refractivity contribution >= 4 is 0 Å². The molecule has 12 heavy (non-hydrogen) atoms. The van der Waals surface area contributed by atoms with Gasteiger partial charge in [-0.3, -0.25) is 0 Å². The van der Waals surface area contributed by atoms with Crippen LogP contribution in [-0.4, -0.2) is 4.68 Å². The van der Waals surface area contributed by atoms with Gasteiger partial charge in [-0.2, -0.15) is 0 Å². The molecule has 0 N–H and O–H groups in total. The summed E-state index contributed by atoms with van der Waals surface area (Å²) in [6.07, 6.45) is 5.67. The van der Waals surface area contributed by atoms with Crippen LogP contribution in [0.2, 0.25) is 0 Å². The molecule has 0 fully saturated rings. The number of hydrogen-bond acceptors (Lipinski definition) is 1. The molecule has 0 aliphatic rings. The molecule has 2 aromatic heterocycles. The second-order valence-corrected chi connectivity index (χ2v) is 2.54. The highest BCUT2D eigenvalue weighted by atomic mass is 16.3. The van der Waals surface area contributed by atoms with Crippen molar-refractivity contribution in [1.29, 1.82) is 0 Å². The Morgan fingerprint density at radius 2 is 2.42 bits per heavy atom. The average Bonchev–Trinajstić information content (AvgIpc) is 2.74. The SMILES string of the molecule is CC[n+]1cccn1-c1ccco1. The zero-order chi connectivity index (χ0) is 8.39. The molecule has 2 heterocycles. The summed E-state index contributed by atoms with van der Waals surface area (Å²) in [5.41, 5.74) is 0. The molecule has 62 valence electrons. The summed E-state index contributed by atoms with van der Waals surface area (Å²) in [6.45, 7) is 3.03. The fourth-order valence-electron chi connectivity index (χ4n) is 1.23. The van der Waals surface area contributed by atoms with Gasteiger partial charge in [-0.05, 0) is 13.0 Å². The molecule has 0 radical (unpaired) electrons. The zero-order valence-corrected chi connectivity index (χ0v) is 6.97. The number of furan rings is 1. The molecular formula is C9H11N2O+. The van der Waals surface area contributed by atoms with Gasteiger partial charge in [-0.1, -0.05) is 4.68 Å². The topological polar surface area (TPSA) is 21.9 Å². The molecular weight excluding hydrogens is 152 g/mol. The van der Waals surface area contributed by atoms with Crippen molar-refractivity contribution in [3.05, 3.63) is 36.9 Å². The van der Waals surface area contributed by atoms with E-state index in [1.54, 1.807) is 6.26 Å². The number of nitrogens with zero attached hydrogens (tertiary/aromatic N) is 2. The van der Waals surface area contributed by atoms with Crippen LogP contribution in [0.5, 0.6) is 0 Å². The molecule has 0 aromatic carbocycles. The summed E-state index contributed by atoms with van der Waals surface area (Å²) in [5.74, 6) is 0.849. The Morgan fingerprint density at radius 1 is 1.50 bits per heavy atom. The van der Waals surface area contributed by atoms with Crippen molar-refractivity contribution in [2.24, 2.45) is 0 Å². The van der Waals surface area contributed by atoms with Crippen molar-refractivity contribution in [3.63, 3.8) is 0 Å². The minimum absolute atomic E-state index is 0.849. The molecule has 0 aliphatic heterocycles. The van der Waals surface area contributed by atoms with Crippen molar-refractivity contribution in [1.82, 2.24) is 4.68 Å². The first-order chi connectivity index (χ1) is 5.92. The van der Waals surface area contributed by atoms with Crippen molar-refractivity contribution in [3.8, 4) is 5.88 Å². The Bertz CT molecular complexity index is 348. The lowest BCUT2D eigenvalue weighted by molar-refractivity contribution is -0.764. The lowest BCUT2D eigenvalue weighted by atomic mass is 10.6. The highest BCUT2D eigenvalue weighted by Gasteiger charge is 2.08. The lowest BCUT2D eigenvalue weighted by Crippen LogP contribution is -2.40. The van der Waals surface area contributed by atoms with Crippen LogP contribution in [0.15, 0.2) is 41.3 Å². The summed E-state index contributed by atoms with van der Waals surface area (Å²) in [7, 11) is 0. The Morgan fingerprint density at radius 3 is 3.08 bits per heavy atom. The normalized spacial score (nSPS) is 10.4. The molecule has 0 aliphatic carbocycles. The molecule has 2 aromatic rings. The predicted molar refractivity (Wildman–Crippen MR) is 43.9 cm³/mol. The second kappa shape index (κ2) is 2.85. The largest absolute Gasteiger partial charge is 0.444 e. The highest BCUT2D eigenvalue weighted by molar-refractivity contribution is 5.13. The Labute approximate surface area is 70.8 Å². The van der Waals surface area contributed by atoms with E-state index in [0.717, 1.165) is 12.4 Å². The van der Waals surface area contributed by atoms with Crippen molar-refractivity contribution < 1.29 is 9.10 Å². The first kappa shape index (κ1) is 7.16. The van der Waals surface area contributed by atoms with Crippen LogP contribution in [0.25, 0.3) is 5.88 Å². The second-order valence-electron chi connectivity index (χ2n) is 2.54. The van der Waals surface area contributed by atoms with Gasteiger partial charge in [0.15, 0.2) is 12.7 Å². The minimum Gasteiger partial charge on any atom is -0.444 e. The van der Waals surface area contributed by atoms with Gasteiger partial charge in [-0.15, -0.1) is 4.68 Å². The van der Waals surface area contributed by atoms with Crippen LogP contribution in [0, 0.1) is 0 Å². The first-order valence-corrected chi connectivity index (χ1v) is 4.03. The quantitative estimate of drug-likeness (QED) is 0.613. The maximum atomic E-state index is 5.26. The fraction of sp³-hybridized carbons (Fsp3) is 0.222. The van der Waals surface area contributed by atoms with Crippen molar-refractivity contribution in [2.45, 2.75) is 13.5 Å². The van der Waals surface area contributed by atoms with E-state index in [1.807, 2.05) is 35.3 Å². The van der Waals surface area contributed by atoms with Gasteiger partial charge in [0.1, 0.15) is 0 Å². The third-order valence-corrected chi connectivity index (χ3v) is 1.82. The number of rotatable bonds is 2. The summed E-state index contributed by atoms with van der Waals surface area (Å²) < 4.78 is 9.30. The Hall–Kier alpha value is -1.51. The van der Waals surface area contributed by atoms with Crippen LogP contribution in [0.1, 0.15) is 6.92 Å². The average molecular weight is 163 g/mol. The van der Waals surface area contributed by atoms with Gasteiger partial charge in [0.25, 0.3) is 5.88 Å². The molecule has 2 rings (SSSR count). The van der Waals surface area contributed by atoms with Gasteiger partial charge in [-0.25, -0.2) is 0 Å². The molecule has 0 bridgehead atoms. The zero-order valence-electron chi connectivity index (χ0n) is 6.97. The molecule has 0 atom stereocenters. The van der Waals surface area contributed by atoms with Gasteiger partial charge in [0.2, 0.25) is 0 Å². The number of hydrogen-bond donors (Lipinski definition) is 0. The van der Waals surface area contributed by atoms with Crippen LogP contribution in [-0.2, 0) is 6.54 Å². The standard InChI is InChI=1S/C9H11N2O/c1-2-10-6-4-7-11(10)9-5-3-8-12-9/h3-8H,2H2,1H3/q+1. The molecule has 0 saturated heterocycles. The molecule has 0 amide bonds. The Kier molecular flexibility index (Phi) is 1.70. The summed E-state index contributed by atoms with van der Waals surface area (Å²) in [4.78, 5) is 0. The monoisotopic (exact) mass is 163 g/mol. The van der Waals surface area contributed by atoms with E-state index in [-0.39, 0.29) is 0 Å². The number of aromatic nitrogens is 2. The maximum absolute atomic E-state index is 5.26. The Balaban J connectivity index is 2.46. The van der Waals surface area contributed by atoms with Crippen LogP contribution < -0.4 is 4.68 Å². The van der Waals surface area contributed by atoms with Crippen molar-refractivity contribution in [2.75, 3.05) is 0 Å². The number of aryl methyl sites for hydroxylation is 1. The van der Waals surface area contributed by atoms with Crippen LogP contribution >= 0.6 is 0 Å². The summed E-state index contributed by atoms with van der Waals surface area (Å²) >= 11 is 0. The van der Waals surface area contributed by atoms with E-state index < -0.39 is 0 Å². The third-order valence-electron chi connectivity index (χ3n) is 1.82. The fourth-order valence-corrected chi connectivity index (χ4v) is 1.23. The molecule has 3 heteroatoms. The first-order valence-electron chi connectivity index (χ1n) is 4.03. The van der Waals surface area contributed by atoms with Gasteiger partial charge in [0, 0.05) is 12.1 Å². The smallest absolute Gasteiger partial charge is 0.256 e. The molecule has 0 unspecified atom stereocenters. The molecule has 0 spiro atoms. The van der Waals surface area contributed by atoms with E-state index >= 15 is 0 Å². The maximum Gasteiger partial charge on any atom is 0.256 e. The third kappa shape index (κ3) is 1.03. The van der Waals surface area contributed by atoms with E-state index in [9.17, 15) is 0 Å². The van der Waals surface area contributed by atoms with Gasteiger partial charge < -0.3 is 4.42 Å². The lowest BCUT2D eigenvalue weighted by Gasteiger charge is -1.94. The van der Waals surface area contributed by atoms with Crippen LogP contribution in [0.4, 0.5) is 0 Å². The highest BCUT2D eigenvalue weighted by Crippen LogP contribution is 2.04. The van der Waals surface area contributed by atoms with E-state index in [2.05, 4.69) is 11.6 Å². The van der Waals surface area contributed by atoms with Gasteiger partial charge >= 0.3 is 0 Å². The van der Waals surface area contributed by atoms with Gasteiger partial charge in [0.05, 0.1) is 12.5 Å². The minimum atomic E-state index is 0.849. The van der Waals surface area contributed by atoms with E-state index in [0.29, 0.717) is 0 Å².